The second-order valence-electron chi connectivity index (χ2n) is 5.75. The van der Waals surface area contributed by atoms with Gasteiger partial charge in [-0.3, -0.25) is 9.59 Å². The highest BCUT2D eigenvalue weighted by Gasteiger charge is 2.14. The van der Waals surface area contributed by atoms with Gasteiger partial charge in [0.25, 0.3) is 0 Å². The average molecular weight is 289 g/mol. The maximum atomic E-state index is 11.6. The number of carboxylic acid groups (broad SMARTS) is 1. The van der Waals surface area contributed by atoms with Crippen molar-refractivity contribution < 1.29 is 14.7 Å². The van der Waals surface area contributed by atoms with Crippen molar-refractivity contribution in [1.29, 1.82) is 0 Å². The van der Waals surface area contributed by atoms with E-state index in [1.54, 1.807) is 11.8 Å². The molecule has 0 aromatic heterocycles. The molecule has 0 aliphatic rings. The zero-order valence-electron chi connectivity index (χ0n) is 12.5. The van der Waals surface area contributed by atoms with Crippen LogP contribution in [0.1, 0.15) is 53.4 Å². The van der Waals surface area contributed by atoms with E-state index < -0.39 is 5.97 Å². The normalized spacial score (nSPS) is 13.1. The predicted molar refractivity (Wildman–Crippen MR) is 80.5 cm³/mol. The molecule has 1 amide bonds. The Bertz CT molecular complexity index is 287. The second kappa shape index (κ2) is 9.23. The van der Waals surface area contributed by atoms with Crippen LogP contribution in [0.4, 0.5) is 0 Å². The molecule has 2 N–H and O–H groups in total. The third-order valence-electron chi connectivity index (χ3n) is 2.85. The highest BCUT2D eigenvalue weighted by Crippen LogP contribution is 2.22. The van der Waals surface area contributed by atoms with Gasteiger partial charge in [0.05, 0.1) is 5.75 Å². The molecule has 0 spiro atoms. The van der Waals surface area contributed by atoms with E-state index in [9.17, 15) is 9.59 Å². The molecule has 112 valence electrons. The fraction of sp³-hybridized carbons (Fsp3) is 0.857. The number of nitrogens with one attached hydrogen (secondary N) is 1. The van der Waals surface area contributed by atoms with E-state index in [-0.39, 0.29) is 17.1 Å². The first-order valence-electron chi connectivity index (χ1n) is 6.87. The summed E-state index contributed by atoms with van der Waals surface area (Å²) in [5.41, 5.74) is 0. The Morgan fingerprint density at radius 2 is 1.89 bits per heavy atom. The van der Waals surface area contributed by atoms with E-state index in [0.717, 1.165) is 12.8 Å². The number of aliphatic carboxylic acids is 1. The molecule has 0 heterocycles. The van der Waals surface area contributed by atoms with E-state index in [1.165, 1.54) is 0 Å². The lowest BCUT2D eigenvalue weighted by molar-refractivity contribution is -0.137. The number of carbonyl (C=O) groups is 2. The summed E-state index contributed by atoms with van der Waals surface area (Å²) in [7, 11) is 0. The molecule has 0 fully saturated rings. The van der Waals surface area contributed by atoms with Crippen molar-refractivity contribution in [2.24, 2.45) is 5.92 Å². The number of rotatable bonds is 9. The second-order valence-corrected chi connectivity index (χ2v) is 7.55. The first kappa shape index (κ1) is 18.3. The van der Waals surface area contributed by atoms with Gasteiger partial charge < -0.3 is 10.4 Å². The third-order valence-corrected chi connectivity index (χ3v) is 4.13. The van der Waals surface area contributed by atoms with Gasteiger partial charge in [-0.1, -0.05) is 34.1 Å². The molecule has 0 saturated carbocycles. The highest BCUT2D eigenvalue weighted by molar-refractivity contribution is 8.01. The minimum atomic E-state index is -0.746. The monoisotopic (exact) mass is 289 g/mol. The Morgan fingerprint density at radius 1 is 1.26 bits per heavy atom. The summed E-state index contributed by atoms with van der Waals surface area (Å²) in [4.78, 5) is 22.1. The van der Waals surface area contributed by atoms with Crippen molar-refractivity contribution in [2.45, 2.75) is 58.1 Å². The summed E-state index contributed by atoms with van der Waals surface area (Å²) < 4.78 is 0.102. The molecule has 0 aliphatic heterocycles. The SMILES string of the molecule is CCC(CCNC(=O)CSC(C)(C)C)CCC(=O)O. The molecule has 0 aromatic carbocycles. The van der Waals surface area contributed by atoms with Crippen molar-refractivity contribution >= 4 is 23.6 Å². The number of carbonyl (C=O) groups excluding carboxylic acids is 1. The number of hydrogen-bond acceptors (Lipinski definition) is 3. The van der Waals surface area contributed by atoms with Gasteiger partial charge in [0, 0.05) is 17.7 Å². The summed E-state index contributed by atoms with van der Waals surface area (Å²) in [6, 6.07) is 0. The van der Waals surface area contributed by atoms with Crippen LogP contribution >= 0.6 is 11.8 Å². The molecule has 5 heteroatoms. The van der Waals surface area contributed by atoms with Crippen LogP contribution in [0.25, 0.3) is 0 Å². The Kier molecular flexibility index (Phi) is 8.89. The summed E-state index contributed by atoms with van der Waals surface area (Å²) in [6.45, 7) is 8.96. The maximum Gasteiger partial charge on any atom is 0.303 e. The topological polar surface area (TPSA) is 66.4 Å². The Labute approximate surface area is 120 Å². The molecule has 0 saturated heterocycles. The number of hydrogen-bond donors (Lipinski definition) is 2. The van der Waals surface area contributed by atoms with E-state index in [1.807, 2.05) is 0 Å². The van der Waals surface area contributed by atoms with Crippen molar-refractivity contribution in [3.05, 3.63) is 0 Å². The van der Waals surface area contributed by atoms with Gasteiger partial charge in [-0.2, -0.15) is 0 Å². The lowest BCUT2D eigenvalue weighted by Crippen LogP contribution is -2.29. The molecule has 0 aromatic rings. The van der Waals surface area contributed by atoms with Gasteiger partial charge in [-0.05, 0) is 18.8 Å². The van der Waals surface area contributed by atoms with Crippen LogP contribution in [0, 0.1) is 5.92 Å². The molecule has 4 nitrogen and oxygen atoms in total. The van der Waals surface area contributed by atoms with E-state index in [0.29, 0.717) is 24.6 Å². The van der Waals surface area contributed by atoms with Gasteiger partial charge in [0.15, 0.2) is 0 Å². The van der Waals surface area contributed by atoms with Crippen LogP contribution in [-0.4, -0.2) is 34.0 Å². The number of thioether (sulfide) groups is 1. The van der Waals surface area contributed by atoms with Crippen molar-refractivity contribution in [2.75, 3.05) is 12.3 Å². The largest absolute Gasteiger partial charge is 0.481 e. The average Bonchev–Trinajstić information content (AvgIpc) is 2.29. The van der Waals surface area contributed by atoms with Crippen LogP contribution in [0.5, 0.6) is 0 Å². The first-order valence-corrected chi connectivity index (χ1v) is 7.85. The van der Waals surface area contributed by atoms with Crippen LogP contribution in [0.3, 0.4) is 0 Å². The van der Waals surface area contributed by atoms with E-state index >= 15 is 0 Å². The van der Waals surface area contributed by atoms with Crippen LogP contribution < -0.4 is 5.32 Å². The first-order chi connectivity index (χ1) is 8.74. The third kappa shape index (κ3) is 12.1. The van der Waals surface area contributed by atoms with Crippen molar-refractivity contribution in [1.82, 2.24) is 5.32 Å². The van der Waals surface area contributed by atoms with Crippen molar-refractivity contribution in [3.8, 4) is 0 Å². The molecule has 0 rings (SSSR count). The van der Waals surface area contributed by atoms with Gasteiger partial charge in [-0.25, -0.2) is 0 Å². The molecule has 0 bridgehead atoms. The lowest BCUT2D eigenvalue weighted by atomic mass is 9.97. The molecule has 1 unspecified atom stereocenters. The Balaban J connectivity index is 3.75. The summed E-state index contributed by atoms with van der Waals surface area (Å²) >= 11 is 1.63. The fourth-order valence-electron chi connectivity index (χ4n) is 1.63. The van der Waals surface area contributed by atoms with E-state index in [2.05, 4.69) is 33.0 Å². The standard InChI is InChI=1S/C14H27NO3S/c1-5-11(6-7-13(17)18)8-9-15-12(16)10-19-14(2,3)4/h11H,5-10H2,1-4H3,(H,15,16)(H,17,18). The van der Waals surface area contributed by atoms with Crippen LogP contribution in [0.15, 0.2) is 0 Å². The van der Waals surface area contributed by atoms with Gasteiger partial charge in [0.2, 0.25) is 5.91 Å². The number of carboxylic acids is 1. The molecule has 19 heavy (non-hydrogen) atoms. The fourth-order valence-corrected chi connectivity index (χ4v) is 2.30. The zero-order chi connectivity index (χ0) is 14.9. The smallest absolute Gasteiger partial charge is 0.303 e. The minimum Gasteiger partial charge on any atom is -0.481 e. The molecule has 0 radical (unpaired) electrons. The van der Waals surface area contributed by atoms with Gasteiger partial charge >= 0.3 is 5.97 Å². The van der Waals surface area contributed by atoms with Crippen LogP contribution in [-0.2, 0) is 9.59 Å². The summed E-state index contributed by atoms with van der Waals surface area (Å²) in [5.74, 6) is 0.179. The maximum absolute atomic E-state index is 11.6. The molecular weight excluding hydrogens is 262 g/mol. The van der Waals surface area contributed by atoms with Crippen LogP contribution in [0.2, 0.25) is 0 Å². The predicted octanol–water partition coefficient (Wildman–Crippen LogP) is 2.92. The molecule has 1 atom stereocenters. The van der Waals surface area contributed by atoms with Crippen molar-refractivity contribution in [3.63, 3.8) is 0 Å². The summed E-state index contributed by atoms with van der Waals surface area (Å²) in [5, 5.41) is 11.5. The Hall–Kier alpha value is -0.710. The molecule has 0 aliphatic carbocycles. The van der Waals surface area contributed by atoms with Gasteiger partial charge in [-0.15, -0.1) is 11.8 Å². The Morgan fingerprint density at radius 3 is 2.37 bits per heavy atom. The number of amides is 1. The zero-order valence-corrected chi connectivity index (χ0v) is 13.3. The lowest BCUT2D eigenvalue weighted by Gasteiger charge is -2.18. The minimum absolute atomic E-state index is 0.0630. The van der Waals surface area contributed by atoms with E-state index in [4.69, 9.17) is 5.11 Å². The quantitative estimate of drug-likeness (QED) is 0.685. The van der Waals surface area contributed by atoms with Gasteiger partial charge in [0.1, 0.15) is 0 Å². The summed E-state index contributed by atoms with van der Waals surface area (Å²) in [6.07, 6.45) is 2.72. The molecular formula is C14H27NO3S. The highest BCUT2D eigenvalue weighted by atomic mass is 32.2.